The topological polar surface area (TPSA) is 22.0 Å². The number of fused-ring (bicyclic) bond motifs is 1. The first-order valence-corrected chi connectivity index (χ1v) is 6.24. The second-order valence-corrected chi connectivity index (χ2v) is 4.80. The van der Waals surface area contributed by atoms with Crippen LogP contribution in [0.1, 0.15) is 54.2 Å². The van der Waals surface area contributed by atoms with Gasteiger partial charge in [0.05, 0.1) is 0 Å². The minimum absolute atomic E-state index is 0.339. The Kier molecular flexibility index (Phi) is 2.43. The number of nitrogens with zero attached hydrogens (tertiary/aromatic N) is 1. The highest BCUT2D eigenvalue weighted by atomic mass is 16.1. The number of hydrogen-bond acceptors (Lipinski definition) is 1. The van der Waals surface area contributed by atoms with Crippen molar-refractivity contribution in [2.75, 3.05) is 0 Å². The molecule has 1 unspecified atom stereocenters. The maximum atomic E-state index is 11.8. The van der Waals surface area contributed by atoms with Gasteiger partial charge in [-0.25, -0.2) is 0 Å². The lowest BCUT2D eigenvalue weighted by Gasteiger charge is -2.24. The second kappa shape index (κ2) is 3.93. The van der Waals surface area contributed by atoms with Gasteiger partial charge in [0, 0.05) is 29.9 Å². The van der Waals surface area contributed by atoms with E-state index in [-0.39, 0.29) is 0 Å². The number of rotatable bonds is 1. The van der Waals surface area contributed by atoms with Crippen molar-refractivity contribution < 1.29 is 4.79 Å². The van der Waals surface area contributed by atoms with Crippen molar-refractivity contribution in [3.8, 4) is 0 Å². The molecule has 1 atom stereocenters. The predicted octanol–water partition coefficient (Wildman–Crippen LogP) is 3.29. The number of Topliss-reactive ketones (excluding diaryl/α,β-unsaturated/α-hetero) is 1. The molecule has 2 nitrogen and oxygen atoms in total. The van der Waals surface area contributed by atoms with Crippen LogP contribution < -0.4 is 0 Å². The smallest absolute Gasteiger partial charge is 0.164 e. The molecule has 0 saturated carbocycles. The summed E-state index contributed by atoms with van der Waals surface area (Å²) in [5.74, 6) is 0.339. The SMILES string of the molecule is O=C1CCCc2c1ccn2C1CC=CCC1. The average molecular weight is 215 g/mol. The van der Waals surface area contributed by atoms with Crippen LogP contribution in [0.4, 0.5) is 0 Å². The Balaban J connectivity index is 1.96. The number of aromatic nitrogens is 1. The summed E-state index contributed by atoms with van der Waals surface area (Å²) in [5.41, 5.74) is 2.28. The molecular weight excluding hydrogens is 198 g/mol. The van der Waals surface area contributed by atoms with Gasteiger partial charge >= 0.3 is 0 Å². The molecule has 0 bridgehead atoms. The Bertz CT molecular complexity index is 442. The molecule has 0 saturated heterocycles. The highest BCUT2D eigenvalue weighted by Crippen LogP contribution is 2.30. The monoisotopic (exact) mass is 215 g/mol. The quantitative estimate of drug-likeness (QED) is 0.659. The Hall–Kier alpha value is -1.31. The van der Waals surface area contributed by atoms with Gasteiger partial charge in [-0.05, 0) is 38.2 Å². The highest BCUT2D eigenvalue weighted by molar-refractivity contribution is 5.98. The molecule has 0 aromatic carbocycles. The number of hydrogen-bond donors (Lipinski definition) is 0. The van der Waals surface area contributed by atoms with E-state index in [0.29, 0.717) is 11.8 Å². The van der Waals surface area contributed by atoms with Crippen molar-refractivity contribution in [3.05, 3.63) is 35.7 Å². The summed E-state index contributed by atoms with van der Waals surface area (Å²) in [4.78, 5) is 11.8. The van der Waals surface area contributed by atoms with Crippen LogP contribution >= 0.6 is 0 Å². The van der Waals surface area contributed by atoms with Crippen LogP contribution in [0.15, 0.2) is 24.4 Å². The standard InChI is InChI=1S/C14H17NO/c16-14-8-4-7-13-12(14)9-10-15(13)11-5-2-1-3-6-11/h1-2,9-11H,3-8H2. The zero-order valence-electron chi connectivity index (χ0n) is 9.48. The first-order valence-electron chi connectivity index (χ1n) is 6.24. The van der Waals surface area contributed by atoms with Crippen LogP contribution in [-0.4, -0.2) is 10.4 Å². The van der Waals surface area contributed by atoms with Crippen LogP contribution in [0.2, 0.25) is 0 Å². The minimum Gasteiger partial charge on any atom is -0.347 e. The molecular formula is C14H17NO. The summed E-state index contributed by atoms with van der Waals surface area (Å²) in [6.45, 7) is 0. The lowest BCUT2D eigenvalue weighted by atomic mass is 9.95. The molecule has 0 fully saturated rings. The zero-order chi connectivity index (χ0) is 11.0. The molecule has 2 heteroatoms. The van der Waals surface area contributed by atoms with Gasteiger partial charge in [-0.1, -0.05) is 12.2 Å². The molecule has 0 aliphatic heterocycles. The van der Waals surface area contributed by atoms with Crippen molar-refractivity contribution in [2.24, 2.45) is 0 Å². The molecule has 1 aromatic heterocycles. The summed E-state index contributed by atoms with van der Waals surface area (Å²) >= 11 is 0. The van der Waals surface area contributed by atoms with Crippen molar-refractivity contribution in [2.45, 2.75) is 44.6 Å². The lowest BCUT2D eigenvalue weighted by Crippen LogP contribution is -2.17. The van der Waals surface area contributed by atoms with Gasteiger partial charge < -0.3 is 4.57 Å². The van der Waals surface area contributed by atoms with E-state index in [1.54, 1.807) is 0 Å². The second-order valence-electron chi connectivity index (χ2n) is 4.80. The Labute approximate surface area is 96.0 Å². The average Bonchev–Trinajstić information content (AvgIpc) is 2.75. The molecule has 3 rings (SSSR count). The molecule has 1 aromatic rings. The largest absolute Gasteiger partial charge is 0.347 e. The molecule has 0 radical (unpaired) electrons. The first kappa shape index (κ1) is 9.88. The third-order valence-electron chi connectivity index (χ3n) is 3.78. The molecule has 16 heavy (non-hydrogen) atoms. The van der Waals surface area contributed by atoms with Crippen LogP contribution in [-0.2, 0) is 6.42 Å². The van der Waals surface area contributed by atoms with Gasteiger partial charge in [0.1, 0.15) is 0 Å². The summed E-state index contributed by atoms with van der Waals surface area (Å²) in [5, 5.41) is 0. The summed E-state index contributed by atoms with van der Waals surface area (Å²) in [6.07, 6.45) is 13.0. The fourth-order valence-corrected chi connectivity index (χ4v) is 2.92. The number of ketones is 1. The molecule has 2 aliphatic rings. The van der Waals surface area contributed by atoms with Crippen LogP contribution in [0.25, 0.3) is 0 Å². The van der Waals surface area contributed by atoms with E-state index in [4.69, 9.17) is 0 Å². The van der Waals surface area contributed by atoms with E-state index >= 15 is 0 Å². The lowest BCUT2D eigenvalue weighted by molar-refractivity contribution is 0.0971. The third-order valence-corrected chi connectivity index (χ3v) is 3.78. The number of allylic oxidation sites excluding steroid dienone is 2. The first-order chi connectivity index (χ1) is 7.86. The third kappa shape index (κ3) is 1.53. The van der Waals surface area contributed by atoms with Crippen LogP contribution in [0.3, 0.4) is 0 Å². The van der Waals surface area contributed by atoms with Crippen LogP contribution in [0, 0.1) is 0 Å². The van der Waals surface area contributed by atoms with Crippen molar-refractivity contribution >= 4 is 5.78 Å². The van der Waals surface area contributed by atoms with E-state index in [2.05, 4.69) is 22.9 Å². The Morgan fingerprint density at radius 1 is 1.25 bits per heavy atom. The van der Waals surface area contributed by atoms with Crippen molar-refractivity contribution in [1.29, 1.82) is 0 Å². The number of carbonyl (C=O) groups excluding carboxylic acids is 1. The van der Waals surface area contributed by atoms with E-state index in [9.17, 15) is 4.79 Å². The fourth-order valence-electron chi connectivity index (χ4n) is 2.92. The van der Waals surface area contributed by atoms with Gasteiger partial charge in [-0.2, -0.15) is 0 Å². The zero-order valence-corrected chi connectivity index (χ0v) is 9.48. The summed E-state index contributed by atoms with van der Waals surface area (Å²) < 4.78 is 2.36. The molecule has 0 spiro atoms. The molecule has 2 aliphatic carbocycles. The van der Waals surface area contributed by atoms with Gasteiger partial charge in [-0.3, -0.25) is 4.79 Å². The van der Waals surface area contributed by atoms with Gasteiger partial charge in [-0.15, -0.1) is 0 Å². The van der Waals surface area contributed by atoms with E-state index in [1.165, 1.54) is 18.5 Å². The van der Waals surface area contributed by atoms with E-state index < -0.39 is 0 Å². The van der Waals surface area contributed by atoms with Crippen LogP contribution in [0.5, 0.6) is 0 Å². The van der Waals surface area contributed by atoms with Crippen molar-refractivity contribution in [3.63, 3.8) is 0 Å². The Morgan fingerprint density at radius 2 is 2.19 bits per heavy atom. The normalized spacial score (nSPS) is 24.5. The molecule has 1 heterocycles. The van der Waals surface area contributed by atoms with Gasteiger partial charge in [0.2, 0.25) is 0 Å². The van der Waals surface area contributed by atoms with Gasteiger partial charge in [0.25, 0.3) is 0 Å². The molecule has 84 valence electrons. The van der Waals surface area contributed by atoms with Crippen molar-refractivity contribution in [1.82, 2.24) is 4.57 Å². The maximum Gasteiger partial charge on any atom is 0.164 e. The highest BCUT2D eigenvalue weighted by Gasteiger charge is 2.23. The molecule has 0 N–H and O–H groups in total. The summed E-state index contributed by atoms with van der Waals surface area (Å²) in [7, 11) is 0. The van der Waals surface area contributed by atoms with E-state index in [0.717, 1.165) is 31.2 Å². The number of carbonyl (C=O) groups is 1. The predicted molar refractivity (Wildman–Crippen MR) is 63.7 cm³/mol. The minimum atomic E-state index is 0.339. The summed E-state index contributed by atoms with van der Waals surface area (Å²) in [6, 6.07) is 2.61. The maximum absolute atomic E-state index is 11.8. The van der Waals surface area contributed by atoms with Gasteiger partial charge in [0.15, 0.2) is 5.78 Å². The molecule has 0 amide bonds. The van der Waals surface area contributed by atoms with E-state index in [1.807, 2.05) is 6.07 Å². The Morgan fingerprint density at radius 3 is 3.00 bits per heavy atom. The fraction of sp³-hybridized carbons (Fsp3) is 0.500.